The molecule has 0 atom stereocenters. The Bertz CT molecular complexity index is 465. The van der Waals surface area contributed by atoms with E-state index in [9.17, 15) is 4.79 Å². The van der Waals surface area contributed by atoms with Gasteiger partial charge in [0.15, 0.2) is 0 Å². The zero-order valence-electron chi connectivity index (χ0n) is 15.7. The average molecular weight is 404 g/mol. The maximum absolute atomic E-state index is 12.0. The number of hydrogen-bond donors (Lipinski definition) is 2. The maximum atomic E-state index is 12.0. The Morgan fingerprint density at radius 2 is 1.69 bits per heavy atom. The number of benzene rings is 1. The molecule has 1 aliphatic rings. The molecule has 3 N–H and O–H groups in total. The molecule has 1 aliphatic heterocycles. The van der Waals surface area contributed by atoms with E-state index in [1.165, 1.54) is 5.56 Å². The van der Waals surface area contributed by atoms with Gasteiger partial charge in [-0.1, -0.05) is 43.2 Å². The Morgan fingerprint density at radius 3 is 2.35 bits per heavy atom. The Balaban J connectivity index is 0.00000312. The van der Waals surface area contributed by atoms with Crippen molar-refractivity contribution in [2.75, 3.05) is 26.2 Å². The van der Waals surface area contributed by atoms with Crippen LogP contribution in [0, 0.1) is 0 Å². The van der Waals surface area contributed by atoms with Crippen molar-refractivity contribution in [2.45, 2.75) is 57.4 Å². The Kier molecular flexibility index (Phi) is 14.8. The average Bonchev–Trinajstić information content (AvgIpc) is 2.62. The van der Waals surface area contributed by atoms with Gasteiger partial charge in [0.05, 0.1) is 0 Å². The molecule has 1 aromatic rings. The van der Waals surface area contributed by atoms with Crippen LogP contribution in [-0.4, -0.2) is 43.0 Å². The summed E-state index contributed by atoms with van der Waals surface area (Å²) in [7, 11) is 0. The van der Waals surface area contributed by atoms with Gasteiger partial charge in [-0.2, -0.15) is 0 Å². The minimum atomic E-state index is 0. The lowest BCUT2D eigenvalue weighted by Gasteiger charge is -2.32. The van der Waals surface area contributed by atoms with Crippen LogP contribution in [0.25, 0.3) is 0 Å². The number of rotatable bonds is 10. The van der Waals surface area contributed by atoms with E-state index in [0.717, 1.165) is 71.1 Å². The number of halogens is 2. The molecule has 2 rings (SSSR count). The van der Waals surface area contributed by atoms with Crippen molar-refractivity contribution in [1.82, 2.24) is 10.2 Å². The third-order valence-electron chi connectivity index (χ3n) is 4.87. The summed E-state index contributed by atoms with van der Waals surface area (Å²) in [5.41, 5.74) is 6.88. The van der Waals surface area contributed by atoms with Gasteiger partial charge in [-0.15, -0.1) is 24.8 Å². The van der Waals surface area contributed by atoms with Gasteiger partial charge in [0.1, 0.15) is 0 Å². The van der Waals surface area contributed by atoms with Crippen LogP contribution >= 0.6 is 24.8 Å². The van der Waals surface area contributed by atoms with E-state index in [0.29, 0.717) is 12.5 Å². The summed E-state index contributed by atoms with van der Waals surface area (Å²) in [6, 6.07) is 11.0. The van der Waals surface area contributed by atoms with E-state index in [1.54, 1.807) is 0 Å². The van der Waals surface area contributed by atoms with Gasteiger partial charge in [-0.05, 0) is 44.2 Å². The number of hydrogen-bond acceptors (Lipinski definition) is 3. The summed E-state index contributed by atoms with van der Waals surface area (Å²) < 4.78 is 0. The first-order chi connectivity index (χ1) is 11.8. The van der Waals surface area contributed by atoms with E-state index < -0.39 is 0 Å². The molecule has 0 aliphatic carbocycles. The third-order valence-corrected chi connectivity index (χ3v) is 4.87. The number of unbranched alkanes of at least 4 members (excludes halogenated alkanes) is 3. The van der Waals surface area contributed by atoms with Crippen molar-refractivity contribution < 1.29 is 4.79 Å². The minimum absolute atomic E-state index is 0. The highest BCUT2D eigenvalue weighted by Crippen LogP contribution is 2.12. The second-order valence-electron chi connectivity index (χ2n) is 6.87. The molecular weight excluding hydrogens is 369 g/mol. The van der Waals surface area contributed by atoms with E-state index in [1.807, 2.05) is 0 Å². The SMILES string of the molecule is Cl.Cl.NCCCCCCC(=O)NC1CCN(CCc2ccccc2)CC1. The van der Waals surface area contributed by atoms with Crippen LogP contribution in [0.15, 0.2) is 30.3 Å². The van der Waals surface area contributed by atoms with Crippen molar-refractivity contribution in [1.29, 1.82) is 0 Å². The van der Waals surface area contributed by atoms with Gasteiger partial charge < -0.3 is 16.0 Å². The third kappa shape index (κ3) is 10.4. The molecule has 1 fully saturated rings. The molecule has 1 saturated heterocycles. The highest BCUT2D eigenvalue weighted by Gasteiger charge is 2.20. The normalized spacial score (nSPS) is 15.0. The summed E-state index contributed by atoms with van der Waals surface area (Å²) in [5, 5.41) is 3.21. The number of likely N-dealkylation sites (tertiary alicyclic amines) is 1. The van der Waals surface area contributed by atoms with Gasteiger partial charge in [0.2, 0.25) is 5.91 Å². The first-order valence-corrected chi connectivity index (χ1v) is 9.53. The molecular formula is C20H35Cl2N3O. The second-order valence-corrected chi connectivity index (χ2v) is 6.87. The molecule has 1 heterocycles. The van der Waals surface area contributed by atoms with E-state index in [2.05, 4.69) is 40.5 Å². The molecule has 0 aromatic heterocycles. The fourth-order valence-corrected chi connectivity index (χ4v) is 3.32. The lowest BCUT2D eigenvalue weighted by atomic mass is 10.0. The molecule has 26 heavy (non-hydrogen) atoms. The molecule has 0 saturated carbocycles. The fourth-order valence-electron chi connectivity index (χ4n) is 3.32. The van der Waals surface area contributed by atoms with Crippen LogP contribution in [0.3, 0.4) is 0 Å². The summed E-state index contributed by atoms with van der Waals surface area (Å²) in [6.45, 7) is 4.06. The zero-order chi connectivity index (χ0) is 17.0. The standard InChI is InChI=1S/C20H33N3O.2ClH/c21-14-7-2-1-6-10-20(24)22-19-12-16-23(17-13-19)15-11-18-8-4-3-5-9-18;;/h3-5,8-9,19H,1-2,6-7,10-17,21H2,(H,22,24);2*1H. The smallest absolute Gasteiger partial charge is 0.220 e. The van der Waals surface area contributed by atoms with Crippen molar-refractivity contribution in [2.24, 2.45) is 5.73 Å². The number of nitrogens with one attached hydrogen (secondary N) is 1. The molecule has 1 amide bonds. The summed E-state index contributed by atoms with van der Waals surface area (Å²) in [4.78, 5) is 14.5. The number of amides is 1. The van der Waals surface area contributed by atoms with Crippen LogP contribution in [-0.2, 0) is 11.2 Å². The maximum Gasteiger partial charge on any atom is 0.220 e. The molecule has 6 heteroatoms. The van der Waals surface area contributed by atoms with Gasteiger partial charge >= 0.3 is 0 Å². The van der Waals surface area contributed by atoms with E-state index in [-0.39, 0.29) is 30.7 Å². The number of piperidine rings is 1. The molecule has 1 aromatic carbocycles. The van der Waals surface area contributed by atoms with Gasteiger partial charge in [0, 0.05) is 32.1 Å². The quantitative estimate of drug-likeness (QED) is 0.587. The summed E-state index contributed by atoms with van der Waals surface area (Å²) >= 11 is 0. The van der Waals surface area contributed by atoms with Crippen molar-refractivity contribution in [3.05, 3.63) is 35.9 Å². The minimum Gasteiger partial charge on any atom is -0.353 e. The highest BCUT2D eigenvalue weighted by molar-refractivity contribution is 5.85. The number of nitrogens with two attached hydrogens (primary N) is 1. The number of carbonyl (C=O) groups excluding carboxylic acids is 1. The monoisotopic (exact) mass is 403 g/mol. The Hall–Kier alpha value is -0.810. The lowest BCUT2D eigenvalue weighted by molar-refractivity contribution is -0.122. The first-order valence-electron chi connectivity index (χ1n) is 9.53. The van der Waals surface area contributed by atoms with Gasteiger partial charge in [-0.25, -0.2) is 0 Å². The molecule has 0 unspecified atom stereocenters. The van der Waals surface area contributed by atoms with Crippen LogP contribution in [0.1, 0.15) is 50.5 Å². The lowest BCUT2D eigenvalue weighted by Crippen LogP contribution is -2.45. The van der Waals surface area contributed by atoms with Crippen molar-refractivity contribution >= 4 is 30.7 Å². The van der Waals surface area contributed by atoms with Gasteiger partial charge in [0.25, 0.3) is 0 Å². The summed E-state index contributed by atoms with van der Waals surface area (Å²) in [5.74, 6) is 0.227. The van der Waals surface area contributed by atoms with Crippen LogP contribution in [0.4, 0.5) is 0 Å². The van der Waals surface area contributed by atoms with E-state index in [4.69, 9.17) is 5.73 Å². The number of nitrogens with zero attached hydrogens (tertiary/aromatic N) is 1. The van der Waals surface area contributed by atoms with E-state index >= 15 is 0 Å². The second kappa shape index (κ2) is 15.3. The Morgan fingerprint density at radius 1 is 1.04 bits per heavy atom. The number of carbonyl (C=O) groups is 1. The van der Waals surface area contributed by atoms with Crippen LogP contribution in [0.2, 0.25) is 0 Å². The predicted octanol–water partition coefficient (Wildman–Crippen LogP) is 3.56. The Labute approximate surface area is 171 Å². The van der Waals surface area contributed by atoms with Crippen molar-refractivity contribution in [3.8, 4) is 0 Å². The molecule has 0 spiro atoms. The largest absolute Gasteiger partial charge is 0.353 e. The van der Waals surface area contributed by atoms with Gasteiger partial charge in [-0.3, -0.25) is 4.79 Å². The zero-order valence-corrected chi connectivity index (χ0v) is 17.3. The van der Waals surface area contributed by atoms with Crippen LogP contribution in [0.5, 0.6) is 0 Å². The van der Waals surface area contributed by atoms with Crippen LogP contribution < -0.4 is 11.1 Å². The predicted molar refractivity (Wildman–Crippen MR) is 114 cm³/mol. The fraction of sp³-hybridized carbons (Fsp3) is 0.650. The molecule has 150 valence electrons. The molecule has 0 radical (unpaired) electrons. The topological polar surface area (TPSA) is 58.4 Å². The molecule has 0 bridgehead atoms. The first kappa shape index (κ1) is 25.2. The molecule has 4 nitrogen and oxygen atoms in total. The summed E-state index contributed by atoms with van der Waals surface area (Å²) in [6.07, 6.45) is 8.25. The highest BCUT2D eigenvalue weighted by atomic mass is 35.5. The van der Waals surface area contributed by atoms with Crippen molar-refractivity contribution in [3.63, 3.8) is 0 Å².